The Hall–Kier alpha value is -1.49. The van der Waals surface area contributed by atoms with Crippen molar-refractivity contribution in [3.63, 3.8) is 0 Å². The predicted molar refractivity (Wildman–Crippen MR) is 94.3 cm³/mol. The highest BCUT2D eigenvalue weighted by Gasteiger charge is 2.21. The summed E-state index contributed by atoms with van der Waals surface area (Å²) in [6, 6.07) is 0. The van der Waals surface area contributed by atoms with Crippen molar-refractivity contribution in [3.8, 4) is 0 Å². The van der Waals surface area contributed by atoms with Crippen molar-refractivity contribution in [1.82, 2.24) is 19.8 Å². The molecule has 1 aromatic heterocycles. The van der Waals surface area contributed by atoms with Crippen LogP contribution in [-0.2, 0) is 11.3 Å². The normalized spacial score (nSPS) is 20.2. The summed E-state index contributed by atoms with van der Waals surface area (Å²) in [5.41, 5.74) is 1.00. The van der Waals surface area contributed by atoms with Crippen LogP contribution in [0.25, 0.3) is 0 Å². The van der Waals surface area contributed by atoms with E-state index in [-0.39, 0.29) is 0 Å². The summed E-state index contributed by atoms with van der Waals surface area (Å²) >= 11 is 0. The minimum Gasteiger partial charge on any atom is -0.340 e. The Balaban J connectivity index is 1.32. The third-order valence-electron chi connectivity index (χ3n) is 5.46. The molecule has 2 heterocycles. The molecule has 0 spiro atoms. The van der Waals surface area contributed by atoms with Gasteiger partial charge in [-0.3, -0.25) is 19.7 Å². The van der Waals surface area contributed by atoms with Crippen LogP contribution in [0.15, 0.2) is 18.6 Å². The maximum absolute atomic E-state index is 12.4. The SMILES string of the molecule is O=C(CCCC1CCCCC1)N1CCN(Cc2cnccn2)CC1. The molecule has 1 amide bonds. The number of rotatable bonds is 6. The minimum absolute atomic E-state index is 0.352. The van der Waals surface area contributed by atoms with E-state index in [4.69, 9.17) is 0 Å². The van der Waals surface area contributed by atoms with Crippen molar-refractivity contribution < 1.29 is 4.79 Å². The summed E-state index contributed by atoms with van der Waals surface area (Å²) in [5.74, 6) is 1.24. The average molecular weight is 330 g/mol. The molecule has 0 radical (unpaired) electrons. The molecule has 1 aliphatic heterocycles. The van der Waals surface area contributed by atoms with Gasteiger partial charge in [0, 0.05) is 57.7 Å². The van der Waals surface area contributed by atoms with Gasteiger partial charge in [0.2, 0.25) is 5.91 Å². The van der Waals surface area contributed by atoms with Gasteiger partial charge in [0.1, 0.15) is 0 Å². The van der Waals surface area contributed by atoms with Gasteiger partial charge in [0.05, 0.1) is 5.69 Å². The Morgan fingerprint density at radius 1 is 1.08 bits per heavy atom. The number of amides is 1. The van der Waals surface area contributed by atoms with Crippen molar-refractivity contribution in [3.05, 3.63) is 24.3 Å². The molecule has 1 aromatic rings. The van der Waals surface area contributed by atoms with E-state index in [0.717, 1.165) is 57.2 Å². The van der Waals surface area contributed by atoms with Crippen LogP contribution in [-0.4, -0.2) is 51.9 Å². The van der Waals surface area contributed by atoms with Gasteiger partial charge in [-0.1, -0.05) is 32.1 Å². The zero-order chi connectivity index (χ0) is 16.6. The zero-order valence-electron chi connectivity index (χ0n) is 14.7. The van der Waals surface area contributed by atoms with Gasteiger partial charge in [-0.15, -0.1) is 0 Å². The summed E-state index contributed by atoms with van der Waals surface area (Å²) in [6.07, 6.45) is 15.3. The molecule has 1 saturated heterocycles. The van der Waals surface area contributed by atoms with Gasteiger partial charge >= 0.3 is 0 Å². The van der Waals surface area contributed by atoms with E-state index in [9.17, 15) is 4.79 Å². The van der Waals surface area contributed by atoms with E-state index in [1.165, 1.54) is 38.5 Å². The van der Waals surface area contributed by atoms with Crippen molar-refractivity contribution in [2.24, 2.45) is 5.92 Å². The molecule has 1 aliphatic carbocycles. The second kappa shape index (κ2) is 9.11. The van der Waals surface area contributed by atoms with E-state index in [1.807, 2.05) is 11.1 Å². The topological polar surface area (TPSA) is 49.3 Å². The first kappa shape index (κ1) is 17.3. The quantitative estimate of drug-likeness (QED) is 0.805. The van der Waals surface area contributed by atoms with E-state index in [1.54, 1.807) is 12.4 Å². The molecule has 0 atom stereocenters. The van der Waals surface area contributed by atoms with Crippen LogP contribution >= 0.6 is 0 Å². The van der Waals surface area contributed by atoms with Crippen molar-refractivity contribution >= 4 is 5.91 Å². The number of carbonyl (C=O) groups is 1. The van der Waals surface area contributed by atoms with Gasteiger partial charge < -0.3 is 4.90 Å². The molecule has 132 valence electrons. The number of hydrogen-bond donors (Lipinski definition) is 0. The molecule has 3 rings (SSSR count). The van der Waals surface area contributed by atoms with Crippen molar-refractivity contribution in [2.45, 2.75) is 57.9 Å². The molecule has 0 bridgehead atoms. The van der Waals surface area contributed by atoms with Crippen molar-refractivity contribution in [2.75, 3.05) is 26.2 Å². The standard InChI is InChI=1S/C19H30N4O/c24-19(8-4-7-17-5-2-1-3-6-17)23-13-11-22(12-14-23)16-18-15-20-9-10-21-18/h9-10,15,17H,1-8,11-14,16H2. The molecule has 0 unspecified atom stereocenters. The van der Waals surface area contributed by atoms with Gasteiger partial charge in [0.25, 0.3) is 0 Å². The number of carbonyl (C=O) groups excluding carboxylic acids is 1. The maximum atomic E-state index is 12.4. The lowest BCUT2D eigenvalue weighted by Gasteiger charge is -2.34. The Morgan fingerprint density at radius 2 is 1.88 bits per heavy atom. The molecule has 0 N–H and O–H groups in total. The number of aromatic nitrogens is 2. The van der Waals surface area contributed by atoms with E-state index in [2.05, 4.69) is 14.9 Å². The van der Waals surface area contributed by atoms with E-state index < -0.39 is 0 Å². The summed E-state index contributed by atoms with van der Waals surface area (Å²) in [6.45, 7) is 4.40. The smallest absolute Gasteiger partial charge is 0.222 e. The fraction of sp³-hybridized carbons (Fsp3) is 0.737. The van der Waals surface area contributed by atoms with Crippen LogP contribution < -0.4 is 0 Å². The van der Waals surface area contributed by atoms with Crippen LogP contribution in [0.1, 0.15) is 57.1 Å². The number of piperazine rings is 1. The fourth-order valence-corrected chi connectivity index (χ4v) is 3.97. The van der Waals surface area contributed by atoms with E-state index >= 15 is 0 Å². The second-order valence-electron chi connectivity index (χ2n) is 7.25. The molecule has 1 saturated carbocycles. The first-order chi connectivity index (χ1) is 11.8. The first-order valence-corrected chi connectivity index (χ1v) is 9.56. The van der Waals surface area contributed by atoms with Crippen LogP contribution in [0.3, 0.4) is 0 Å². The van der Waals surface area contributed by atoms with E-state index in [0.29, 0.717) is 5.91 Å². The summed E-state index contributed by atoms with van der Waals surface area (Å²) < 4.78 is 0. The van der Waals surface area contributed by atoms with Crippen LogP contribution in [0, 0.1) is 5.92 Å². The highest BCUT2D eigenvalue weighted by Crippen LogP contribution is 2.27. The molecule has 5 heteroatoms. The average Bonchev–Trinajstić information content (AvgIpc) is 2.64. The summed E-state index contributed by atoms with van der Waals surface area (Å²) in [7, 11) is 0. The molecule has 0 aromatic carbocycles. The lowest BCUT2D eigenvalue weighted by atomic mass is 9.86. The van der Waals surface area contributed by atoms with Crippen LogP contribution in [0.2, 0.25) is 0 Å². The molecule has 5 nitrogen and oxygen atoms in total. The Labute approximate surface area is 145 Å². The highest BCUT2D eigenvalue weighted by molar-refractivity contribution is 5.76. The highest BCUT2D eigenvalue weighted by atomic mass is 16.2. The number of hydrogen-bond acceptors (Lipinski definition) is 4. The second-order valence-corrected chi connectivity index (χ2v) is 7.25. The fourth-order valence-electron chi connectivity index (χ4n) is 3.97. The maximum Gasteiger partial charge on any atom is 0.222 e. The summed E-state index contributed by atoms with van der Waals surface area (Å²) in [5, 5.41) is 0. The largest absolute Gasteiger partial charge is 0.340 e. The van der Waals surface area contributed by atoms with Crippen LogP contribution in [0.4, 0.5) is 0 Å². The molecular weight excluding hydrogens is 300 g/mol. The van der Waals surface area contributed by atoms with Crippen LogP contribution in [0.5, 0.6) is 0 Å². The molecule has 24 heavy (non-hydrogen) atoms. The van der Waals surface area contributed by atoms with Gasteiger partial charge in [0.15, 0.2) is 0 Å². The third-order valence-corrected chi connectivity index (χ3v) is 5.46. The Morgan fingerprint density at radius 3 is 2.58 bits per heavy atom. The third kappa shape index (κ3) is 5.26. The zero-order valence-corrected chi connectivity index (χ0v) is 14.7. The first-order valence-electron chi connectivity index (χ1n) is 9.56. The molecule has 2 aliphatic rings. The summed E-state index contributed by atoms with van der Waals surface area (Å²) in [4.78, 5) is 25.2. The van der Waals surface area contributed by atoms with Gasteiger partial charge in [-0.25, -0.2) is 0 Å². The Kier molecular flexibility index (Phi) is 6.58. The Bertz CT molecular complexity index is 493. The van der Waals surface area contributed by atoms with Gasteiger partial charge in [-0.05, 0) is 18.8 Å². The molecular formula is C19H30N4O. The predicted octanol–water partition coefficient (Wildman–Crippen LogP) is 2.87. The number of nitrogens with zero attached hydrogens (tertiary/aromatic N) is 4. The lowest BCUT2D eigenvalue weighted by Crippen LogP contribution is -2.48. The monoisotopic (exact) mass is 330 g/mol. The van der Waals surface area contributed by atoms with Crippen molar-refractivity contribution in [1.29, 1.82) is 0 Å². The van der Waals surface area contributed by atoms with Gasteiger partial charge in [-0.2, -0.15) is 0 Å². The molecule has 2 fully saturated rings. The minimum atomic E-state index is 0.352. The lowest BCUT2D eigenvalue weighted by molar-refractivity contribution is -0.133.